The van der Waals surface area contributed by atoms with Crippen molar-refractivity contribution < 1.29 is 24.6 Å². The van der Waals surface area contributed by atoms with E-state index in [1.54, 1.807) is 24.3 Å². The molecule has 11 nitrogen and oxygen atoms in total. The third-order valence-electron chi connectivity index (χ3n) is 6.95. The first kappa shape index (κ1) is 25.2. The van der Waals surface area contributed by atoms with Crippen LogP contribution in [0.3, 0.4) is 0 Å². The molecule has 38 heavy (non-hydrogen) atoms. The first-order valence-corrected chi connectivity index (χ1v) is 12.4. The number of nitrogens with two attached hydrogens (primary N) is 1. The fraction of sp³-hybridized carbons (Fsp3) is 0.296. The van der Waals surface area contributed by atoms with E-state index in [4.69, 9.17) is 5.73 Å². The van der Waals surface area contributed by atoms with Crippen LogP contribution in [0, 0.1) is 0 Å². The summed E-state index contributed by atoms with van der Waals surface area (Å²) in [5, 5.41) is 25.5. The largest absolute Gasteiger partial charge is 0.465 e. The SMILES string of the molecule is Nc1ncc(-c2cccc(C(=O)N[C@@H]3c4ccccc4C[C@@H]3O)c2)nc1C(=O)N[C@@H]1CCCN(C(=O)O)C1. The minimum absolute atomic E-state index is 0.0556. The van der Waals surface area contributed by atoms with E-state index in [2.05, 4.69) is 20.6 Å². The number of aliphatic hydroxyl groups is 1. The maximum atomic E-state index is 13.1. The van der Waals surface area contributed by atoms with Crippen molar-refractivity contribution in [2.24, 2.45) is 0 Å². The van der Waals surface area contributed by atoms with Crippen LogP contribution in [-0.2, 0) is 6.42 Å². The molecule has 196 valence electrons. The topological polar surface area (TPSA) is 171 Å². The number of aliphatic hydroxyl groups excluding tert-OH is 1. The maximum Gasteiger partial charge on any atom is 0.407 e. The van der Waals surface area contributed by atoms with Crippen molar-refractivity contribution in [2.75, 3.05) is 18.8 Å². The first-order chi connectivity index (χ1) is 18.3. The summed E-state index contributed by atoms with van der Waals surface area (Å²) in [7, 11) is 0. The molecule has 6 N–H and O–H groups in total. The maximum absolute atomic E-state index is 13.1. The van der Waals surface area contributed by atoms with E-state index in [9.17, 15) is 24.6 Å². The zero-order valence-electron chi connectivity index (χ0n) is 20.5. The summed E-state index contributed by atoms with van der Waals surface area (Å²) >= 11 is 0. The highest BCUT2D eigenvalue weighted by Gasteiger charge is 2.32. The van der Waals surface area contributed by atoms with Gasteiger partial charge in [0.25, 0.3) is 11.8 Å². The Kier molecular flexibility index (Phi) is 6.93. The molecule has 3 amide bonds. The summed E-state index contributed by atoms with van der Waals surface area (Å²) in [6.07, 6.45) is 1.43. The fourth-order valence-corrected chi connectivity index (χ4v) is 5.02. The van der Waals surface area contributed by atoms with Gasteiger partial charge in [0, 0.05) is 36.7 Å². The number of nitrogen functional groups attached to an aromatic ring is 1. The zero-order valence-corrected chi connectivity index (χ0v) is 20.5. The lowest BCUT2D eigenvalue weighted by Crippen LogP contribution is -2.49. The van der Waals surface area contributed by atoms with Gasteiger partial charge in [0.15, 0.2) is 11.5 Å². The number of piperidine rings is 1. The van der Waals surface area contributed by atoms with Crippen LogP contribution in [0.1, 0.15) is 50.9 Å². The second-order valence-electron chi connectivity index (χ2n) is 9.53. The highest BCUT2D eigenvalue weighted by atomic mass is 16.4. The normalized spacial score (nSPS) is 20.4. The molecule has 2 aromatic carbocycles. The number of hydrogen-bond acceptors (Lipinski definition) is 7. The van der Waals surface area contributed by atoms with Crippen LogP contribution in [0.4, 0.5) is 10.6 Å². The second kappa shape index (κ2) is 10.5. The van der Waals surface area contributed by atoms with Crippen molar-refractivity contribution >= 4 is 23.7 Å². The summed E-state index contributed by atoms with van der Waals surface area (Å²) in [4.78, 5) is 47.1. The van der Waals surface area contributed by atoms with Crippen molar-refractivity contribution in [2.45, 2.75) is 37.5 Å². The molecule has 1 fully saturated rings. The number of nitrogens with one attached hydrogen (secondary N) is 2. The smallest absolute Gasteiger partial charge is 0.407 e. The van der Waals surface area contributed by atoms with Gasteiger partial charge in [-0.2, -0.15) is 0 Å². The van der Waals surface area contributed by atoms with Gasteiger partial charge in [0.2, 0.25) is 0 Å². The van der Waals surface area contributed by atoms with Crippen LogP contribution in [-0.4, -0.2) is 68.2 Å². The lowest BCUT2D eigenvalue weighted by atomic mass is 10.0. The third-order valence-corrected chi connectivity index (χ3v) is 6.95. The van der Waals surface area contributed by atoms with E-state index in [0.29, 0.717) is 42.6 Å². The molecule has 0 saturated carbocycles. The molecule has 0 unspecified atom stereocenters. The Hall–Kier alpha value is -4.51. The van der Waals surface area contributed by atoms with Crippen LogP contribution in [0.15, 0.2) is 54.7 Å². The van der Waals surface area contributed by atoms with Crippen LogP contribution in [0.5, 0.6) is 0 Å². The molecular formula is C27H28N6O5. The summed E-state index contributed by atoms with van der Waals surface area (Å²) in [5.74, 6) is -0.953. The molecule has 3 atom stereocenters. The summed E-state index contributed by atoms with van der Waals surface area (Å²) in [6, 6.07) is 13.5. The number of fused-ring (bicyclic) bond motifs is 1. The van der Waals surface area contributed by atoms with E-state index >= 15 is 0 Å². The molecule has 2 aliphatic rings. The number of carbonyl (C=O) groups is 3. The minimum atomic E-state index is -1.03. The number of anilines is 1. The average Bonchev–Trinajstić information content (AvgIpc) is 3.23. The van der Waals surface area contributed by atoms with Crippen molar-refractivity contribution in [1.29, 1.82) is 0 Å². The molecular weight excluding hydrogens is 488 g/mol. The van der Waals surface area contributed by atoms with E-state index < -0.39 is 24.1 Å². The van der Waals surface area contributed by atoms with Crippen LogP contribution in [0.25, 0.3) is 11.3 Å². The van der Waals surface area contributed by atoms with Crippen molar-refractivity contribution in [3.05, 3.63) is 77.1 Å². The Morgan fingerprint density at radius 1 is 1.05 bits per heavy atom. The van der Waals surface area contributed by atoms with E-state index in [0.717, 1.165) is 11.1 Å². The molecule has 5 rings (SSSR count). The molecule has 0 bridgehead atoms. The number of carbonyl (C=O) groups excluding carboxylic acids is 2. The van der Waals surface area contributed by atoms with Gasteiger partial charge >= 0.3 is 6.09 Å². The van der Waals surface area contributed by atoms with E-state index in [-0.39, 0.29) is 30.0 Å². The van der Waals surface area contributed by atoms with E-state index in [1.165, 1.54) is 11.1 Å². The highest BCUT2D eigenvalue weighted by molar-refractivity contribution is 5.98. The van der Waals surface area contributed by atoms with Gasteiger partial charge in [-0.3, -0.25) is 9.59 Å². The number of benzene rings is 2. The van der Waals surface area contributed by atoms with Crippen molar-refractivity contribution in [1.82, 2.24) is 25.5 Å². The number of carboxylic acid groups (broad SMARTS) is 1. The standard InChI is InChI=1S/C27H28N6O5/c28-24-23(26(36)30-18-8-4-10-33(14-18)27(37)38)31-20(13-29-24)16-6-3-7-17(11-16)25(35)32-22-19-9-2-1-5-15(19)12-21(22)34/h1-3,5-7,9,11,13,18,21-22,34H,4,8,10,12,14H2,(H2,28,29)(H,30,36)(H,32,35)(H,37,38)/t18-,21+,22-/m1/s1. The Morgan fingerprint density at radius 2 is 1.87 bits per heavy atom. The first-order valence-electron chi connectivity index (χ1n) is 12.4. The van der Waals surface area contributed by atoms with Gasteiger partial charge < -0.3 is 31.5 Å². The summed E-state index contributed by atoms with van der Waals surface area (Å²) in [5.41, 5.74) is 9.04. The Labute approximate surface area is 218 Å². The predicted octanol–water partition coefficient (Wildman–Crippen LogP) is 1.99. The number of aromatic nitrogens is 2. The van der Waals surface area contributed by atoms with Gasteiger partial charge in [-0.1, -0.05) is 36.4 Å². The predicted molar refractivity (Wildman–Crippen MR) is 138 cm³/mol. The fourth-order valence-electron chi connectivity index (χ4n) is 5.02. The molecule has 0 spiro atoms. The molecule has 1 aliphatic heterocycles. The number of nitrogens with zero attached hydrogens (tertiary/aromatic N) is 3. The van der Waals surface area contributed by atoms with Gasteiger partial charge in [-0.05, 0) is 36.1 Å². The second-order valence-corrected chi connectivity index (χ2v) is 9.53. The minimum Gasteiger partial charge on any atom is -0.465 e. The number of hydrogen-bond donors (Lipinski definition) is 5. The molecule has 3 aromatic rings. The summed E-state index contributed by atoms with van der Waals surface area (Å²) in [6.45, 7) is 0.612. The van der Waals surface area contributed by atoms with Crippen LogP contribution in [0.2, 0.25) is 0 Å². The van der Waals surface area contributed by atoms with Gasteiger partial charge in [-0.15, -0.1) is 0 Å². The third kappa shape index (κ3) is 5.14. The van der Waals surface area contributed by atoms with Crippen molar-refractivity contribution in [3.8, 4) is 11.3 Å². The Morgan fingerprint density at radius 3 is 2.68 bits per heavy atom. The monoisotopic (exact) mass is 516 g/mol. The zero-order chi connectivity index (χ0) is 26.8. The lowest BCUT2D eigenvalue weighted by molar-refractivity contribution is 0.0857. The number of likely N-dealkylation sites (tertiary alicyclic amines) is 1. The molecule has 1 aliphatic carbocycles. The van der Waals surface area contributed by atoms with Crippen LogP contribution < -0.4 is 16.4 Å². The lowest BCUT2D eigenvalue weighted by Gasteiger charge is -2.31. The quantitative estimate of drug-likeness (QED) is 0.343. The average molecular weight is 517 g/mol. The van der Waals surface area contributed by atoms with Crippen LogP contribution >= 0.6 is 0 Å². The molecule has 1 saturated heterocycles. The number of rotatable bonds is 5. The van der Waals surface area contributed by atoms with Gasteiger partial charge in [0.1, 0.15) is 0 Å². The van der Waals surface area contributed by atoms with Crippen molar-refractivity contribution in [3.63, 3.8) is 0 Å². The van der Waals surface area contributed by atoms with E-state index in [1.807, 2.05) is 24.3 Å². The Bertz CT molecular complexity index is 1400. The highest BCUT2D eigenvalue weighted by Crippen LogP contribution is 2.31. The molecule has 2 heterocycles. The van der Waals surface area contributed by atoms with Gasteiger partial charge in [-0.25, -0.2) is 14.8 Å². The number of amides is 3. The Balaban J connectivity index is 1.32. The molecule has 11 heteroatoms. The van der Waals surface area contributed by atoms with Gasteiger partial charge in [0.05, 0.1) is 24.0 Å². The molecule has 1 aromatic heterocycles. The summed E-state index contributed by atoms with van der Waals surface area (Å²) < 4.78 is 0. The molecule has 0 radical (unpaired) electrons.